The van der Waals surface area contributed by atoms with Crippen LogP contribution in [0.15, 0.2) is 54.7 Å². The summed E-state index contributed by atoms with van der Waals surface area (Å²) in [5, 5.41) is 7.17. The number of benzene rings is 2. The van der Waals surface area contributed by atoms with Gasteiger partial charge in [-0.25, -0.2) is 4.68 Å². The summed E-state index contributed by atoms with van der Waals surface area (Å²) in [6, 6.07) is 14.7. The summed E-state index contributed by atoms with van der Waals surface area (Å²) in [7, 11) is 1.60. The molecular formula is C24H26N4O4. The van der Waals surface area contributed by atoms with Crippen LogP contribution in [0.2, 0.25) is 0 Å². The second-order valence-corrected chi connectivity index (χ2v) is 7.44. The molecule has 2 heterocycles. The predicted octanol–water partition coefficient (Wildman–Crippen LogP) is 3.16. The number of anilines is 1. The molecule has 0 atom stereocenters. The van der Waals surface area contributed by atoms with Crippen LogP contribution in [-0.4, -0.2) is 35.3 Å². The summed E-state index contributed by atoms with van der Waals surface area (Å²) in [4.78, 5) is 26.7. The first-order valence-electron chi connectivity index (χ1n) is 10.6. The van der Waals surface area contributed by atoms with E-state index in [1.807, 2.05) is 48.0 Å². The SMILES string of the molecule is CCOc1cc(CNC(=O)c2ccc(CN3C(=O)CCn4nccc43)cc2)ccc1OC. The number of nitrogens with zero attached hydrogens (tertiary/aromatic N) is 3. The number of fused-ring (bicyclic) bond motifs is 1. The Bertz CT molecular complexity index is 1110. The minimum absolute atomic E-state index is 0.0748. The van der Waals surface area contributed by atoms with E-state index >= 15 is 0 Å². The van der Waals surface area contributed by atoms with Crippen molar-refractivity contribution in [2.45, 2.75) is 33.0 Å². The fourth-order valence-corrected chi connectivity index (χ4v) is 3.69. The Morgan fingerprint density at radius 2 is 1.88 bits per heavy atom. The molecule has 8 nitrogen and oxygen atoms in total. The first-order chi connectivity index (χ1) is 15.6. The highest BCUT2D eigenvalue weighted by atomic mass is 16.5. The maximum atomic E-state index is 12.6. The Morgan fingerprint density at radius 1 is 1.09 bits per heavy atom. The quantitative estimate of drug-likeness (QED) is 0.589. The number of rotatable bonds is 8. The Hall–Kier alpha value is -3.81. The largest absolute Gasteiger partial charge is 0.493 e. The number of hydrogen-bond donors (Lipinski definition) is 1. The molecule has 2 amide bonds. The van der Waals surface area contributed by atoms with Gasteiger partial charge < -0.3 is 14.8 Å². The molecule has 1 aromatic heterocycles. The number of aromatic nitrogens is 2. The Balaban J connectivity index is 1.38. The number of hydrogen-bond acceptors (Lipinski definition) is 5. The lowest BCUT2D eigenvalue weighted by molar-refractivity contribution is -0.119. The van der Waals surface area contributed by atoms with Crippen LogP contribution in [0.1, 0.15) is 34.8 Å². The minimum atomic E-state index is -0.169. The highest BCUT2D eigenvalue weighted by Gasteiger charge is 2.24. The fourth-order valence-electron chi connectivity index (χ4n) is 3.69. The van der Waals surface area contributed by atoms with Gasteiger partial charge in [0.05, 0.1) is 33.0 Å². The van der Waals surface area contributed by atoms with E-state index in [1.165, 1.54) is 0 Å². The van der Waals surface area contributed by atoms with Gasteiger partial charge in [0.15, 0.2) is 11.5 Å². The standard InChI is InChI=1S/C24H26N4O4/c1-3-32-21-14-18(6-9-20(21)31-2)15-25-24(30)19-7-4-17(5-8-19)16-27-22-10-12-26-28(22)13-11-23(27)29/h4-10,12,14H,3,11,13,15-16H2,1-2H3,(H,25,30). The molecular weight excluding hydrogens is 408 g/mol. The summed E-state index contributed by atoms with van der Waals surface area (Å²) in [5.41, 5.74) is 2.42. The van der Waals surface area contributed by atoms with Gasteiger partial charge in [-0.2, -0.15) is 5.10 Å². The molecule has 1 aliphatic rings. The van der Waals surface area contributed by atoms with Gasteiger partial charge in [0.2, 0.25) is 5.91 Å². The number of carbonyl (C=O) groups excluding carboxylic acids is 2. The maximum absolute atomic E-state index is 12.6. The van der Waals surface area contributed by atoms with E-state index in [2.05, 4.69) is 10.4 Å². The van der Waals surface area contributed by atoms with Crippen molar-refractivity contribution in [3.05, 3.63) is 71.4 Å². The van der Waals surface area contributed by atoms with Crippen molar-refractivity contribution in [2.24, 2.45) is 0 Å². The number of aryl methyl sites for hydroxylation is 1. The van der Waals surface area contributed by atoms with E-state index in [9.17, 15) is 9.59 Å². The molecule has 8 heteroatoms. The predicted molar refractivity (Wildman–Crippen MR) is 120 cm³/mol. The number of ether oxygens (including phenoxy) is 2. The third-order valence-electron chi connectivity index (χ3n) is 5.35. The van der Waals surface area contributed by atoms with Gasteiger partial charge in [-0.3, -0.25) is 14.5 Å². The van der Waals surface area contributed by atoms with Crippen LogP contribution < -0.4 is 19.7 Å². The molecule has 0 spiro atoms. The molecule has 1 aliphatic heterocycles. The first kappa shape index (κ1) is 21.4. The molecule has 32 heavy (non-hydrogen) atoms. The summed E-state index contributed by atoms with van der Waals surface area (Å²) >= 11 is 0. The number of nitrogens with one attached hydrogen (secondary N) is 1. The lowest BCUT2D eigenvalue weighted by atomic mass is 10.1. The van der Waals surface area contributed by atoms with Crippen molar-refractivity contribution >= 4 is 17.6 Å². The Morgan fingerprint density at radius 3 is 2.62 bits per heavy atom. The van der Waals surface area contributed by atoms with Crippen molar-refractivity contribution < 1.29 is 19.1 Å². The molecule has 3 aromatic rings. The number of amides is 2. The van der Waals surface area contributed by atoms with Crippen molar-refractivity contribution in [1.82, 2.24) is 15.1 Å². The second-order valence-electron chi connectivity index (χ2n) is 7.44. The summed E-state index contributed by atoms with van der Waals surface area (Å²) in [5.74, 6) is 2.02. The molecule has 0 fully saturated rings. The second kappa shape index (κ2) is 9.55. The van der Waals surface area contributed by atoms with Crippen LogP contribution in [0.5, 0.6) is 11.5 Å². The maximum Gasteiger partial charge on any atom is 0.251 e. The summed E-state index contributed by atoms with van der Waals surface area (Å²) in [6.07, 6.45) is 2.14. The zero-order valence-electron chi connectivity index (χ0n) is 18.2. The van der Waals surface area contributed by atoms with Gasteiger partial charge in [0.1, 0.15) is 5.82 Å². The van der Waals surface area contributed by atoms with E-state index in [4.69, 9.17) is 9.47 Å². The van der Waals surface area contributed by atoms with Crippen LogP contribution in [0.25, 0.3) is 0 Å². The van der Waals surface area contributed by atoms with Crippen molar-refractivity contribution in [2.75, 3.05) is 18.6 Å². The molecule has 0 bridgehead atoms. The van der Waals surface area contributed by atoms with Gasteiger partial charge in [0.25, 0.3) is 5.91 Å². The molecule has 0 saturated heterocycles. The third-order valence-corrected chi connectivity index (χ3v) is 5.35. The summed E-state index contributed by atoms with van der Waals surface area (Å²) in [6.45, 7) is 3.86. The molecule has 0 aliphatic carbocycles. The molecule has 1 N–H and O–H groups in total. The lowest BCUT2D eigenvalue weighted by Crippen LogP contribution is -2.36. The van der Waals surface area contributed by atoms with Gasteiger partial charge in [0, 0.05) is 24.6 Å². The third kappa shape index (κ3) is 4.59. The van der Waals surface area contributed by atoms with Gasteiger partial charge in [-0.05, 0) is 42.3 Å². The van der Waals surface area contributed by atoms with Crippen LogP contribution in [0, 0.1) is 0 Å². The smallest absolute Gasteiger partial charge is 0.251 e. The lowest BCUT2D eigenvalue weighted by Gasteiger charge is -2.27. The zero-order chi connectivity index (χ0) is 22.5. The highest BCUT2D eigenvalue weighted by molar-refractivity contribution is 5.95. The van der Waals surface area contributed by atoms with Crippen LogP contribution in [0.4, 0.5) is 5.82 Å². The zero-order valence-corrected chi connectivity index (χ0v) is 18.2. The molecule has 166 valence electrons. The van der Waals surface area contributed by atoms with Crippen LogP contribution in [0.3, 0.4) is 0 Å². The van der Waals surface area contributed by atoms with Gasteiger partial charge in [-0.15, -0.1) is 0 Å². The van der Waals surface area contributed by atoms with Crippen LogP contribution in [-0.2, 0) is 24.4 Å². The molecule has 0 radical (unpaired) electrons. The minimum Gasteiger partial charge on any atom is -0.493 e. The average Bonchev–Trinajstić information content (AvgIpc) is 3.29. The fraction of sp³-hybridized carbons (Fsp3) is 0.292. The topological polar surface area (TPSA) is 85.7 Å². The summed E-state index contributed by atoms with van der Waals surface area (Å²) < 4.78 is 12.7. The Labute approximate surface area is 186 Å². The van der Waals surface area contributed by atoms with E-state index in [0.717, 1.165) is 16.9 Å². The molecule has 4 rings (SSSR count). The van der Waals surface area contributed by atoms with Crippen molar-refractivity contribution in [3.8, 4) is 11.5 Å². The van der Waals surface area contributed by atoms with Crippen molar-refractivity contribution in [3.63, 3.8) is 0 Å². The van der Waals surface area contributed by atoms with Gasteiger partial charge >= 0.3 is 0 Å². The highest BCUT2D eigenvalue weighted by Crippen LogP contribution is 2.28. The van der Waals surface area contributed by atoms with Crippen molar-refractivity contribution in [1.29, 1.82) is 0 Å². The van der Waals surface area contributed by atoms with E-state index in [-0.39, 0.29) is 11.8 Å². The van der Waals surface area contributed by atoms with E-state index in [1.54, 1.807) is 30.3 Å². The first-order valence-corrected chi connectivity index (χ1v) is 10.6. The van der Waals surface area contributed by atoms with Crippen LogP contribution >= 0.6 is 0 Å². The van der Waals surface area contributed by atoms with E-state index < -0.39 is 0 Å². The van der Waals surface area contributed by atoms with E-state index in [0.29, 0.717) is 49.7 Å². The van der Waals surface area contributed by atoms with Gasteiger partial charge in [-0.1, -0.05) is 18.2 Å². The molecule has 0 unspecified atom stereocenters. The molecule has 0 saturated carbocycles. The number of methoxy groups -OCH3 is 1. The normalized spacial score (nSPS) is 12.9. The average molecular weight is 434 g/mol. The monoisotopic (exact) mass is 434 g/mol. The number of carbonyl (C=O) groups is 2. The molecule has 2 aromatic carbocycles. The Kier molecular flexibility index (Phi) is 6.39.